The molecular weight excluding hydrogens is 184 g/mol. The van der Waals surface area contributed by atoms with Crippen LogP contribution in [0.5, 0.6) is 0 Å². The summed E-state index contributed by atoms with van der Waals surface area (Å²) >= 11 is 0. The van der Waals surface area contributed by atoms with E-state index in [9.17, 15) is 0 Å². The molecule has 0 amide bonds. The number of likely N-dealkylation sites (tertiary alicyclic amines) is 1. The van der Waals surface area contributed by atoms with Crippen LogP contribution >= 0.6 is 0 Å². The van der Waals surface area contributed by atoms with Crippen molar-refractivity contribution in [2.24, 2.45) is 11.3 Å². The Hall–Kier alpha value is -0.530. The third-order valence-electron chi connectivity index (χ3n) is 4.79. The Morgan fingerprint density at radius 1 is 1.00 bits per heavy atom. The number of hydrogen-bond donors (Lipinski definition) is 1. The van der Waals surface area contributed by atoms with Crippen LogP contribution in [0.2, 0.25) is 0 Å². The number of amidine groups is 1. The molecule has 0 aromatic carbocycles. The Bertz CT molecular complexity index is 252. The Morgan fingerprint density at radius 3 is 2.13 bits per heavy atom. The molecule has 1 saturated heterocycles. The van der Waals surface area contributed by atoms with Gasteiger partial charge in [0.25, 0.3) is 0 Å². The van der Waals surface area contributed by atoms with Gasteiger partial charge in [-0.15, -0.1) is 0 Å². The minimum Gasteiger partial charge on any atom is -0.360 e. The van der Waals surface area contributed by atoms with Gasteiger partial charge in [-0.2, -0.15) is 0 Å². The average Bonchev–Trinajstić information content (AvgIpc) is 3.02. The quantitative estimate of drug-likeness (QED) is 0.518. The highest BCUT2D eigenvalue weighted by atomic mass is 15.2. The lowest BCUT2D eigenvalue weighted by Gasteiger charge is -2.40. The summed E-state index contributed by atoms with van der Waals surface area (Å²) in [6, 6.07) is 0. The molecule has 0 unspecified atom stereocenters. The summed E-state index contributed by atoms with van der Waals surface area (Å²) in [4.78, 5) is 2.36. The largest absolute Gasteiger partial charge is 0.360 e. The Kier molecular flexibility index (Phi) is 2.26. The van der Waals surface area contributed by atoms with Crippen molar-refractivity contribution < 1.29 is 0 Å². The Balaban J connectivity index is 1.57. The third kappa shape index (κ3) is 1.79. The first-order valence-corrected chi connectivity index (χ1v) is 6.63. The van der Waals surface area contributed by atoms with Crippen LogP contribution in [0.25, 0.3) is 0 Å². The van der Waals surface area contributed by atoms with Crippen LogP contribution in [0.1, 0.15) is 51.4 Å². The van der Waals surface area contributed by atoms with Gasteiger partial charge in [0.15, 0.2) is 0 Å². The molecule has 3 fully saturated rings. The second-order valence-electron chi connectivity index (χ2n) is 5.85. The molecule has 3 aliphatic rings. The van der Waals surface area contributed by atoms with Crippen molar-refractivity contribution >= 4 is 5.84 Å². The summed E-state index contributed by atoms with van der Waals surface area (Å²) in [5, 5.41) is 8.09. The predicted molar refractivity (Wildman–Crippen MR) is 62.2 cm³/mol. The molecule has 1 heterocycles. The van der Waals surface area contributed by atoms with Crippen LogP contribution < -0.4 is 0 Å². The van der Waals surface area contributed by atoms with Crippen LogP contribution in [-0.4, -0.2) is 23.8 Å². The van der Waals surface area contributed by atoms with Crippen molar-refractivity contribution in [2.45, 2.75) is 51.4 Å². The highest BCUT2D eigenvalue weighted by molar-refractivity contribution is 5.83. The van der Waals surface area contributed by atoms with Gasteiger partial charge in [0, 0.05) is 19.0 Å². The molecule has 1 N–H and O–H groups in total. The molecule has 15 heavy (non-hydrogen) atoms. The van der Waals surface area contributed by atoms with Gasteiger partial charge in [0.1, 0.15) is 0 Å². The van der Waals surface area contributed by atoms with E-state index in [4.69, 9.17) is 5.41 Å². The van der Waals surface area contributed by atoms with E-state index in [1.807, 2.05) is 0 Å². The molecule has 84 valence electrons. The fourth-order valence-corrected chi connectivity index (χ4v) is 3.46. The topological polar surface area (TPSA) is 27.1 Å². The summed E-state index contributed by atoms with van der Waals surface area (Å²) in [6.45, 7) is 2.35. The van der Waals surface area contributed by atoms with Crippen molar-refractivity contribution in [3.05, 3.63) is 0 Å². The fourth-order valence-electron chi connectivity index (χ4n) is 3.46. The number of nitrogens with zero attached hydrogens (tertiary/aromatic N) is 1. The second kappa shape index (κ2) is 3.50. The van der Waals surface area contributed by atoms with Gasteiger partial charge in [-0.05, 0) is 43.9 Å². The molecule has 0 bridgehead atoms. The van der Waals surface area contributed by atoms with Crippen LogP contribution in [0.3, 0.4) is 0 Å². The molecule has 2 nitrogen and oxygen atoms in total. The van der Waals surface area contributed by atoms with E-state index in [0.717, 1.165) is 5.84 Å². The smallest absolute Gasteiger partial charge is 0.0989 e. The molecule has 1 spiro atoms. The Labute approximate surface area is 92.5 Å². The molecule has 3 rings (SSSR count). The van der Waals surface area contributed by atoms with Crippen LogP contribution in [0.4, 0.5) is 0 Å². The van der Waals surface area contributed by atoms with Crippen molar-refractivity contribution in [1.82, 2.24) is 4.90 Å². The van der Waals surface area contributed by atoms with E-state index in [2.05, 4.69) is 4.90 Å². The normalized spacial score (nSPS) is 29.7. The van der Waals surface area contributed by atoms with E-state index in [-0.39, 0.29) is 0 Å². The second-order valence-corrected chi connectivity index (χ2v) is 5.85. The maximum absolute atomic E-state index is 8.09. The SMILES string of the molecule is N=C(C1CC1)N1CCC2(CCCC2)CC1. The zero-order valence-corrected chi connectivity index (χ0v) is 9.60. The summed E-state index contributed by atoms with van der Waals surface area (Å²) in [6.07, 6.45) is 11.1. The van der Waals surface area contributed by atoms with E-state index in [0.29, 0.717) is 11.3 Å². The van der Waals surface area contributed by atoms with Crippen molar-refractivity contribution in [2.75, 3.05) is 13.1 Å². The van der Waals surface area contributed by atoms with Crippen LogP contribution in [0, 0.1) is 16.7 Å². The zero-order chi connectivity index (χ0) is 10.3. The van der Waals surface area contributed by atoms with Gasteiger partial charge in [0.05, 0.1) is 5.84 Å². The molecule has 2 heteroatoms. The van der Waals surface area contributed by atoms with Gasteiger partial charge >= 0.3 is 0 Å². The van der Waals surface area contributed by atoms with Crippen LogP contribution in [-0.2, 0) is 0 Å². The zero-order valence-electron chi connectivity index (χ0n) is 9.60. The molecule has 2 aliphatic carbocycles. The first-order valence-electron chi connectivity index (χ1n) is 6.63. The molecule has 0 atom stereocenters. The molecule has 0 radical (unpaired) electrons. The van der Waals surface area contributed by atoms with E-state index >= 15 is 0 Å². The van der Waals surface area contributed by atoms with Crippen molar-refractivity contribution in [3.63, 3.8) is 0 Å². The first-order chi connectivity index (χ1) is 7.29. The first kappa shape index (κ1) is 9.68. The molecule has 2 saturated carbocycles. The van der Waals surface area contributed by atoms with Crippen molar-refractivity contribution in [1.29, 1.82) is 5.41 Å². The lowest BCUT2D eigenvalue weighted by Crippen LogP contribution is -2.42. The lowest BCUT2D eigenvalue weighted by atomic mass is 9.77. The molecule has 0 aromatic heterocycles. The van der Waals surface area contributed by atoms with E-state index < -0.39 is 0 Å². The summed E-state index contributed by atoms with van der Waals surface area (Å²) in [5.74, 6) is 1.60. The standard InChI is InChI=1S/C13H22N2/c14-12(11-3-4-11)15-9-7-13(8-10-15)5-1-2-6-13/h11,14H,1-10H2. The maximum Gasteiger partial charge on any atom is 0.0989 e. The molecular formula is C13H22N2. The lowest BCUT2D eigenvalue weighted by molar-refractivity contribution is 0.151. The molecule has 1 aliphatic heterocycles. The number of rotatable bonds is 1. The minimum atomic E-state index is 0.641. The average molecular weight is 206 g/mol. The van der Waals surface area contributed by atoms with Gasteiger partial charge in [-0.1, -0.05) is 12.8 Å². The van der Waals surface area contributed by atoms with Gasteiger partial charge in [-0.25, -0.2) is 0 Å². The number of hydrogen-bond acceptors (Lipinski definition) is 1. The molecule has 0 aromatic rings. The monoisotopic (exact) mass is 206 g/mol. The summed E-state index contributed by atoms with van der Waals surface area (Å²) in [7, 11) is 0. The van der Waals surface area contributed by atoms with Gasteiger partial charge < -0.3 is 4.90 Å². The summed E-state index contributed by atoms with van der Waals surface area (Å²) in [5.41, 5.74) is 0.709. The highest BCUT2D eigenvalue weighted by Gasteiger charge is 2.39. The number of piperidine rings is 1. The highest BCUT2D eigenvalue weighted by Crippen LogP contribution is 2.46. The predicted octanol–water partition coefficient (Wildman–Crippen LogP) is 3.03. The number of nitrogens with one attached hydrogen (secondary N) is 1. The van der Waals surface area contributed by atoms with E-state index in [1.165, 1.54) is 64.5 Å². The minimum absolute atomic E-state index is 0.641. The third-order valence-corrected chi connectivity index (χ3v) is 4.79. The van der Waals surface area contributed by atoms with Crippen molar-refractivity contribution in [3.8, 4) is 0 Å². The van der Waals surface area contributed by atoms with Gasteiger partial charge in [0.2, 0.25) is 0 Å². The van der Waals surface area contributed by atoms with Crippen LogP contribution in [0.15, 0.2) is 0 Å². The summed E-state index contributed by atoms with van der Waals surface area (Å²) < 4.78 is 0. The fraction of sp³-hybridized carbons (Fsp3) is 0.923. The maximum atomic E-state index is 8.09. The Morgan fingerprint density at radius 2 is 1.60 bits per heavy atom. The van der Waals surface area contributed by atoms with E-state index in [1.54, 1.807) is 0 Å². The van der Waals surface area contributed by atoms with Gasteiger partial charge in [-0.3, -0.25) is 5.41 Å².